The molecule has 3 fully saturated rings. The molecule has 2 saturated heterocycles. The zero-order valence-electron chi connectivity index (χ0n) is 16.8. The highest BCUT2D eigenvalue weighted by Crippen LogP contribution is 2.45. The number of piperazine rings is 1. The molecule has 0 radical (unpaired) electrons. The first kappa shape index (κ1) is 19.9. The summed E-state index contributed by atoms with van der Waals surface area (Å²) >= 11 is 0. The van der Waals surface area contributed by atoms with Gasteiger partial charge in [0.1, 0.15) is 5.60 Å². The van der Waals surface area contributed by atoms with E-state index in [2.05, 4.69) is 30.6 Å². The Labute approximate surface area is 158 Å². The van der Waals surface area contributed by atoms with Gasteiger partial charge in [-0.3, -0.25) is 9.80 Å². The van der Waals surface area contributed by atoms with E-state index in [1.165, 1.54) is 25.9 Å². The van der Waals surface area contributed by atoms with Gasteiger partial charge < -0.3 is 15.2 Å². The predicted octanol–water partition coefficient (Wildman–Crippen LogP) is 2.61. The van der Waals surface area contributed by atoms with E-state index in [4.69, 9.17) is 15.2 Å². The topological polar surface area (TPSA) is 68.0 Å². The number of amides is 1. The first-order chi connectivity index (χ1) is 12.3. The minimum Gasteiger partial charge on any atom is -0.443 e. The monoisotopic (exact) mass is 367 g/mol. The Balaban J connectivity index is 1.51. The first-order valence-electron chi connectivity index (χ1n) is 10.3. The average Bonchev–Trinajstić information content (AvgIpc) is 2.62. The highest BCUT2D eigenvalue weighted by molar-refractivity contribution is 5.65. The Morgan fingerprint density at radius 2 is 1.42 bits per heavy atom. The summed E-state index contributed by atoms with van der Waals surface area (Å²) in [5.74, 6) is 0. The summed E-state index contributed by atoms with van der Waals surface area (Å²) in [6, 6.07) is 1.33. The Kier molecular flexibility index (Phi) is 6.14. The number of ether oxygens (including phenoxy) is 2. The molecule has 0 aromatic carbocycles. The molecule has 3 rings (SSSR count). The van der Waals surface area contributed by atoms with Crippen LogP contribution in [0.2, 0.25) is 0 Å². The van der Waals surface area contributed by atoms with Crippen molar-refractivity contribution < 1.29 is 14.3 Å². The number of rotatable bonds is 3. The molecule has 1 saturated carbocycles. The molecule has 2 aliphatic heterocycles. The van der Waals surface area contributed by atoms with E-state index < -0.39 is 11.7 Å². The van der Waals surface area contributed by atoms with Gasteiger partial charge in [-0.05, 0) is 38.5 Å². The van der Waals surface area contributed by atoms with Gasteiger partial charge in [-0.15, -0.1) is 0 Å². The molecule has 6 nitrogen and oxygen atoms in total. The van der Waals surface area contributed by atoms with Crippen molar-refractivity contribution in [2.24, 2.45) is 11.1 Å². The van der Waals surface area contributed by atoms with E-state index in [9.17, 15) is 4.79 Å². The van der Waals surface area contributed by atoms with Crippen LogP contribution in [0.4, 0.5) is 4.79 Å². The van der Waals surface area contributed by atoms with Crippen LogP contribution < -0.4 is 5.73 Å². The Hall–Kier alpha value is -0.850. The molecule has 2 heterocycles. The quantitative estimate of drug-likeness (QED) is 0.830. The van der Waals surface area contributed by atoms with Crippen molar-refractivity contribution in [3.8, 4) is 0 Å². The van der Waals surface area contributed by atoms with Gasteiger partial charge >= 0.3 is 6.09 Å². The van der Waals surface area contributed by atoms with Gasteiger partial charge in [0, 0.05) is 56.9 Å². The molecule has 0 bridgehead atoms. The first-order valence-corrected chi connectivity index (χ1v) is 10.3. The molecule has 6 heteroatoms. The van der Waals surface area contributed by atoms with Crippen LogP contribution in [-0.4, -0.2) is 73.0 Å². The highest BCUT2D eigenvalue weighted by Gasteiger charge is 2.48. The van der Waals surface area contributed by atoms with Gasteiger partial charge in [0.05, 0.1) is 0 Å². The van der Waals surface area contributed by atoms with Crippen molar-refractivity contribution in [1.29, 1.82) is 0 Å². The SMILES string of the molecule is CC(C)(C)[C@]1(OC(N)=O)CC[C@H](N2CCN(C3CCOCC3)CC2)CC1. The van der Waals surface area contributed by atoms with E-state index in [1.54, 1.807) is 0 Å². The van der Waals surface area contributed by atoms with Gasteiger partial charge in [-0.1, -0.05) is 20.8 Å². The number of carbonyl (C=O) groups excluding carboxylic acids is 1. The van der Waals surface area contributed by atoms with Crippen LogP contribution in [0.15, 0.2) is 0 Å². The van der Waals surface area contributed by atoms with Gasteiger partial charge in [-0.2, -0.15) is 0 Å². The summed E-state index contributed by atoms with van der Waals surface area (Å²) in [6.45, 7) is 13.0. The standard InChI is InChI=1S/C20H37N3O3/c1-19(2,3)20(26-18(21)24)8-4-16(5-9-20)22-10-12-23(13-11-22)17-6-14-25-15-7-17/h16-17H,4-15H2,1-3H3,(H2,21,24)/t16-,20-. The average molecular weight is 368 g/mol. The summed E-state index contributed by atoms with van der Waals surface area (Å²) in [5, 5.41) is 0. The molecule has 3 aliphatic rings. The van der Waals surface area contributed by atoms with Crippen molar-refractivity contribution >= 4 is 6.09 Å². The van der Waals surface area contributed by atoms with E-state index >= 15 is 0 Å². The maximum absolute atomic E-state index is 11.5. The van der Waals surface area contributed by atoms with Crippen molar-refractivity contribution in [2.45, 2.75) is 77.0 Å². The lowest BCUT2D eigenvalue weighted by Gasteiger charge is -2.50. The zero-order valence-corrected chi connectivity index (χ0v) is 16.8. The van der Waals surface area contributed by atoms with Gasteiger partial charge in [0.15, 0.2) is 0 Å². The van der Waals surface area contributed by atoms with E-state index in [0.717, 1.165) is 58.0 Å². The second kappa shape index (κ2) is 8.03. The molecular weight excluding hydrogens is 330 g/mol. The fraction of sp³-hybridized carbons (Fsp3) is 0.950. The maximum atomic E-state index is 11.5. The van der Waals surface area contributed by atoms with Crippen molar-refractivity contribution in [1.82, 2.24) is 9.80 Å². The van der Waals surface area contributed by atoms with Crippen molar-refractivity contribution in [3.05, 3.63) is 0 Å². The number of nitrogens with zero attached hydrogens (tertiary/aromatic N) is 2. The lowest BCUT2D eigenvalue weighted by Crippen LogP contribution is -2.57. The summed E-state index contributed by atoms with van der Waals surface area (Å²) < 4.78 is 11.2. The lowest BCUT2D eigenvalue weighted by atomic mass is 9.67. The number of nitrogens with two attached hydrogens (primary N) is 1. The highest BCUT2D eigenvalue weighted by atomic mass is 16.6. The second-order valence-electron chi connectivity index (χ2n) is 9.31. The molecule has 0 aromatic rings. The summed E-state index contributed by atoms with van der Waals surface area (Å²) in [5.41, 5.74) is 4.88. The third-order valence-electron chi connectivity index (χ3n) is 7.00. The van der Waals surface area contributed by atoms with E-state index in [1.807, 2.05) is 0 Å². The summed E-state index contributed by atoms with van der Waals surface area (Å²) in [6.07, 6.45) is 5.71. The van der Waals surface area contributed by atoms with Crippen LogP contribution in [0.1, 0.15) is 59.3 Å². The molecule has 0 atom stereocenters. The minimum atomic E-state index is -0.636. The molecule has 26 heavy (non-hydrogen) atoms. The predicted molar refractivity (Wildman–Crippen MR) is 102 cm³/mol. The van der Waals surface area contributed by atoms with Crippen LogP contribution in [0.25, 0.3) is 0 Å². The molecule has 1 amide bonds. The zero-order chi connectivity index (χ0) is 18.8. The number of primary amides is 1. The summed E-state index contributed by atoms with van der Waals surface area (Å²) in [4.78, 5) is 16.8. The fourth-order valence-corrected chi connectivity index (χ4v) is 5.15. The maximum Gasteiger partial charge on any atom is 0.405 e. The van der Waals surface area contributed by atoms with Gasteiger partial charge in [0.25, 0.3) is 0 Å². The number of hydrogen-bond donors (Lipinski definition) is 1. The Morgan fingerprint density at radius 3 is 1.85 bits per heavy atom. The molecular formula is C20H37N3O3. The van der Waals surface area contributed by atoms with Crippen molar-refractivity contribution in [3.63, 3.8) is 0 Å². The molecule has 0 spiro atoms. The number of hydrogen-bond acceptors (Lipinski definition) is 5. The normalized spacial score (nSPS) is 33.1. The van der Waals surface area contributed by atoms with Gasteiger partial charge in [0.2, 0.25) is 0 Å². The molecule has 0 aromatic heterocycles. The Bertz CT molecular complexity index is 469. The summed E-state index contributed by atoms with van der Waals surface area (Å²) in [7, 11) is 0. The smallest absolute Gasteiger partial charge is 0.405 e. The molecule has 150 valence electrons. The molecule has 0 unspecified atom stereocenters. The van der Waals surface area contributed by atoms with Crippen LogP contribution in [0.3, 0.4) is 0 Å². The molecule has 1 aliphatic carbocycles. The van der Waals surface area contributed by atoms with Gasteiger partial charge in [-0.25, -0.2) is 4.79 Å². The second-order valence-corrected chi connectivity index (χ2v) is 9.31. The van der Waals surface area contributed by atoms with Crippen molar-refractivity contribution in [2.75, 3.05) is 39.4 Å². The van der Waals surface area contributed by atoms with Crippen LogP contribution in [-0.2, 0) is 9.47 Å². The number of carbonyl (C=O) groups is 1. The van der Waals surface area contributed by atoms with E-state index in [0.29, 0.717) is 6.04 Å². The van der Waals surface area contributed by atoms with E-state index in [-0.39, 0.29) is 5.41 Å². The van der Waals surface area contributed by atoms with Crippen LogP contribution in [0.5, 0.6) is 0 Å². The Morgan fingerprint density at radius 1 is 0.962 bits per heavy atom. The fourth-order valence-electron chi connectivity index (χ4n) is 5.15. The van der Waals surface area contributed by atoms with Crippen LogP contribution in [0, 0.1) is 5.41 Å². The minimum absolute atomic E-state index is 0.0885. The third-order valence-corrected chi connectivity index (χ3v) is 7.00. The third kappa shape index (κ3) is 4.34. The molecule has 2 N–H and O–H groups in total. The largest absolute Gasteiger partial charge is 0.443 e. The van der Waals surface area contributed by atoms with Crippen LogP contribution >= 0.6 is 0 Å². The lowest BCUT2D eigenvalue weighted by molar-refractivity contribution is -0.103.